The highest BCUT2D eigenvalue weighted by molar-refractivity contribution is 5.79. The SMILES string of the molecule is CN=C(NCc1ccc(C#N)cc1)NCc1ccccc1-n1nc(C)cc1C. The fourth-order valence-electron chi connectivity index (χ4n) is 3.02. The Hall–Kier alpha value is -3.59. The molecule has 1 aromatic heterocycles. The van der Waals surface area contributed by atoms with E-state index in [1.807, 2.05) is 48.0 Å². The first-order valence-electron chi connectivity index (χ1n) is 9.16. The van der Waals surface area contributed by atoms with E-state index < -0.39 is 0 Å². The van der Waals surface area contributed by atoms with Gasteiger partial charge in [0.05, 0.1) is 23.0 Å². The molecule has 142 valence electrons. The van der Waals surface area contributed by atoms with Crippen LogP contribution in [0.25, 0.3) is 5.69 Å². The molecule has 0 aliphatic rings. The van der Waals surface area contributed by atoms with E-state index in [1.165, 1.54) is 0 Å². The number of aliphatic imine (C=N–C) groups is 1. The molecule has 2 aromatic carbocycles. The summed E-state index contributed by atoms with van der Waals surface area (Å²) in [5.41, 5.74) is 6.05. The molecule has 6 nitrogen and oxygen atoms in total. The van der Waals surface area contributed by atoms with Gasteiger partial charge in [-0.15, -0.1) is 0 Å². The Labute approximate surface area is 165 Å². The van der Waals surface area contributed by atoms with Crippen molar-refractivity contribution in [2.24, 2.45) is 4.99 Å². The Morgan fingerprint density at radius 2 is 1.79 bits per heavy atom. The van der Waals surface area contributed by atoms with E-state index in [4.69, 9.17) is 5.26 Å². The summed E-state index contributed by atoms with van der Waals surface area (Å²) in [6.07, 6.45) is 0. The van der Waals surface area contributed by atoms with Crippen LogP contribution in [-0.2, 0) is 13.1 Å². The smallest absolute Gasteiger partial charge is 0.191 e. The van der Waals surface area contributed by atoms with Gasteiger partial charge in [0.1, 0.15) is 0 Å². The van der Waals surface area contributed by atoms with Crippen molar-refractivity contribution in [2.45, 2.75) is 26.9 Å². The summed E-state index contributed by atoms with van der Waals surface area (Å²) in [4.78, 5) is 4.30. The summed E-state index contributed by atoms with van der Waals surface area (Å²) in [5.74, 6) is 0.715. The minimum absolute atomic E-state index is 0.627. The zero-order chi connectivity index (χ0) is 19.9. The molecule has 1 heterocycles. The Balaban J connectivity index is 1.65. The summed E-state index contributed by atoms with van der Waals surface area (Å²) < 4.78 is 1.97. The second-order valence-electron chi connectivity index (χ2n) is 6.56. The maximum Gasteiger partial charge on any atom is 0.191 e. The van der Waals surface area contributed by atoms with Gasteiger partial charge in [-0.3, -0.25) is 4.99 Å². The topological polar surface area (TPSA) is 78.0 Å². The molecule has 3 rings (SSSR count). The Morgan fingerprint density at radius 3 is 2.43 bits per heavy atom. The third kappa shape index (κ3) is 4.57. The van der Waals surface area contributed by atoms with Crippen LogP contribution in [0.5, 0.6) is 0 Å². The second-order valence-corrected chi connectivity index (χ2v) is 6.56. The third-order valence-corrected chi connectivity index (χ3v) is 4.44. The van der Waals surface area contributed by atoms with E-state index in [0.717, 1.165) is 28.2 Å². The van der Waals surface area contributed by atoms with Crippen molar-refractivity contribution in [3.63, 3.8) is 0 Å². The lowest BCUT2D eigenvalue weighted by atomic mass is 10.1. The zero-order valence-corrected chi connectivity index (χ0v) is 16.4. The van der Waals surface area contributed by atoms with Crippen LogP contribution >= 0.6 is 0 Å². The molecule has 28 heavy (non-hydrogen) atoms. The second kappa shape index (κ2) is 8.87. The average molecular weight is 372 g/mol. The monoisotopic (exact) mass is 372 g/mol. The Morgan fingerprint density at radius 1 is 1.07 bits per heavy atom. The number of guanidine groups is 1. The molecule has 2 N–H and O–H groups in total. The molecule has 0 saturated heterocycles. The maximum absolute atomic E-state index is 8.89. The van der Waals surface area contributed by atoms with Gasteiger partial charge in [0, 0.05) is 25.8 Å². The summed E-state index contributed by atoms with van der Waals surface area (Å²) in [5, 5.41) is 20.1. The normalized spacial score (nSPS) is 11.1. The van der Waals surface area contributed by atoms with Crippen molar-refractivity contribution >= 4 is 5.96 Å². The van der Waals surface area contributed by atoms with E-state index in [0.29, 0.717) is 24.6 Å². The molecule has 0 bridgehead atoms. The molecule has 6 heteroatoms. The summed E-state index contributed by atoms with van der Waals surface area (Å²) in [7, 11) is 1.75. The van der Waals surface area contributed by atoms with Crippen molar-refractivity contribution in [1.29, 1.82) is 5.26 Å². The van der Waals surface area contributed by atoms with E-state index in [2.05, 4.69) is 51.9 Å². The minimum Gasteiger partial charge on any atom is -0.352 e. The van der Waals surface area contributed by atoms with Crippen LogP contribution in [0.1, 0.15) is 28.1 Å². The lowest BCUT2D eigenvalue weighted by molar-refractivity contribution is 0.781. The molecule has 0 spiro atoms. The number of benzene rings is 2. The van der Waals surface area contributed by atoms with Gasteiger partial charge in [-0.25, -0.2) is 4.68 Å². The first-order chi connectivity index (χ1) is 13.6. The number of hydrogen-bond donors (Lipinski definition) is 2. The zero-order valence-electron chi connectivity index (χ0n) is 16.4. The average Bonchev–Trinajstić information content (AvgIpc) is 3.06. The molecule has 0 unspecified atom stereocenters. The quantitative estimate of drug-likeness (QED) is 0.532. The third-order valence-electron chi connectivity index (χ3n) is 4.44. The summed E-state index contributed by atoms with van der Waals surface area (Å²) in [6, 6.07) is 19.9. The predicted molar refractivity (Wildman–Crippen MR) is 111 cm³/mol. The van der Waals surface area contributed by atoms with Gasteiger partial charge in [0.2, 0.25) is 0 Å². The van der Waals surface area contributed by atoms with Gasteiger partial charge in [-0.1, -0.05) is 30.3 Å². The van der Waals surface area contributed by atoms with Crippen molar-refractivity contribution < 1.29 is 0 Å². The lowest BCUT2D eigenvalue weighted by Gasteiger charge is -2.15. The van der Waals surface area contributed by atoms with Crippen LogP contribution in [0.4, 0.5) is 0 Å². The molecule has 0 aliphatic heterocycles. The standard InChI is InChI=1S/C22H24N6/c1-16-12-17(2)28(27-16)21-7-5-4-6-20(21)15-26-22(24-3)25-14-19-10-8-18(13-23)9-11-19/h4-12H,14-15H2,1-3H3,(H2,24,25,26). The van der Waals surface area contributed by atoms with Crippen molar-refractivity contribution in [2.75, 3.05) is 7.05 Å². The highest BCUT2D eigenvalue weighted by Gasteiger charge is 2.09. The first kappa shape index (κ1) is 19.2. The molecule has 3 aromatic rings. The van der Waals surface area contributed by atoms with Crippen molar-refractivity contribution in [3.8, 4) is 11.8 Å². The Bertz CT molecular complexity index is 1010. The molecule has 0 atom stereocenters. The maximum atomic E-state index is 8.89. The van der Waals surface area contributed by atoms with Crippen molar-refractivity contribution in [3.05, 3.63) is 82.7 Å². The number of para-hydroxylation sites is 1. The molecule has 0 amide bonds. The summed E-state index contributed by atoms with van der Waals surface area (Å²) in [6.45, 7) is 5.31. The molecule has 0 aliphatic carbocycles. The van der Waals surface area contributed by atoms with Gasteiger partial charge in [0.25, 0.3) is 0 Å². The molecular formula is C22H24N6. The number of nitriles is 1. The number of rotatable bonds is 5. The predicted octanol–water partition coefficient (Wildman–Crippen LogP) is 3.23. The number of nitrogens with one attached hydrogen (secondary N) is 2. The van der Waals surface area contributed by atoms with E-state index in [-0.39, 0.29) is 0 Å². The minimum atomic E-state index is 0.627. The van der Waals surface area contributed by atoms with Gasteiger partial charge < -0.3 is 10.6 Å². The van der Waals surface area contributed by atoms with Crippen molar-refractivity contribution in [1.82, 2.24) is 20.4 Å². The lowest BCUT2D eigenvalue weighted by Crippen LogP contribution is -2.36. The molecule has 0 fully saturated rings. The summed E-state index contributed by atoms with van der Waals surface area (Å²) >= 11 is 0. The number of nitrogens with zero attached hydrogens (tertiary/aromatic N) is 4. The van der Waals surface area contributed by atoms with E-state index in [1.54, 1.807) is 7.05 Å². The first-order valence-corrected chi connectivity index (χ1v) is 9.16. The van der Waals surface area contributed by atoms with Gasteiger partial charge in [-0.05, 0) is 49.2 Å². The number of aryl methyl sites for hydroxylation is 2. The van der Waals surface area contributed by atoms with E-state index >= 15 is 0 Å². The highest BCUT2D eigenvalue weighted by Crippen LogP contribution is 2.16. The van der Waals surface area contributed by atoms with Gasteiger partial charge in [-0.2, -0.15) is 10.4 Å². The van der Waals surface area contributed by atoms with Crippen LogP contribution in [0, 0.1) is 25.2 Å². The van der Waals surface area contributed by atoms with Crippen LogP contribution in [0.2, 0.25) is 0 Å². The van der Waals surface area contributed by atoms with E-state index in [9.17, 15) is 0 Å². The molecular weight excluding hydrogens is 348 g/mol. The highest BCUT2D eigenvalue weighted by atomic mass is 15.3. The fraction of sp³-hybridized carbons (Fsp3) is 0.227. The van der Waals surface area contributed by atoms with Crippen LogP contribution in [0.3, 0.4) is 0 Å². The Kier molecular flexibility index (Phi) is 6.07. The van der Waals surface area contributed by atoms with Crippen LogP contribution in [0.15, 0.2) is 59.6 Å². The number of hydrogen-bond acceptors (Lipinski definition) is 3. The fourth-order valence-corrected chi connectivity index (χ4v) is 3.02. The molecule has 0 saturated carbocycles. The largest absolute Gasteiger partial charge is 0.352 e. The van der Waals surface area contributed by atoms with Gasteiger partial charge in [0.15, 0.2) is 5.96 Å². The molecule has 0 radical (unpaired) electrons. The van der Waals surface area contributed by atoms with Crippen LogP contribution in [-0.4, -0.2) is 22.8 Å². The number of aromatic nitrogens is 2. The van der Waals surface area contributed by atoms with Gasteiger partial charge >= 0.3 is 0 Å². The van der Waals surface area contributed by atoms with Crippen LogP contribution < -0.4 is 10.6 Å².